The van der Waals surface area contributed by atoms with Gasteiger partial charge in [-0.1, -0.05) is 60.7 Å². The van der Waals surface area contributed by atoms with Crippen LogP contribution in [0.3, 0.4) is 0 Å². The number of rotatable bonds is 11. The quantitative estimate of drug-likeness (QED) is 0.200. The molecule has 0 aliphatic rings. The number of carbonyl (C=O) groups is 4. The molecule has 4 amide bonds. The summed E-state index contributed by atoms with van der Waals surface area (Å²) in [4.78, 5) is 50.6. The first-order valence-electron chi connectivity index (χ1n) is 13.0. The lowest BCUT2D eigenvalue weighted by molar-refractivity contribution is 0.0939. The van der Waals surface area contributed by atoms with E-state index in [0.29, 0.717) is 59.6 Å². The van der Waals surface area contributed by atoms with Crippen molar-refractivity contribution in [3.63, 3.8) is 0 Å². The van der Waals surface area contributed by atoms with Gasteiger partial charge in [-0.15, -0.1) is 0 Å². The number of anilines is 2. The second-order valence-corrected chi connectivity index (χ2v) is 8.95. The van der Waals surface area contributed by atoms with Crippen LogP contribution in [0.25, 0.3) is 0 Å². The molecule has 0 aliphatic heterocycles. The van der Waals surface area contributed by atoms with E-state index in [1.165, 1.54) is 0 Å². The lowest BCUT2D eigenvalue weighted by Crippen LogP contribution is -2.28. The van der Waals surface area contributed by atoms with E-state index in [1.54, 1.807) is 97.1 Å². The lowest BCUT2D eigenvalue weighted by atomic mass is 10.1. The molecule has 40 heavy (non-hydrogen) atoms. The summed E-state index contributed by atoms with van der Waals surface area (Å²) in [5, 5.41) is 11.3. The second kappa shape index (κ2) is 14.1. The molecule has 8 nitrogen and oxygen atoms in total. The van der Waals surface area contributed by atoms with E-state index in [0.717, 1.165) is 0 Å². The number of carbonyl (C=O) groups excluding carboxylic acids is 4. The third-order valence-corrected chi connectivity index (χ3v) is 6.09. The topological polar surface area (TPSA) is 116 Å². The zero-order valence-corrected chi connectivity index (χ0v) is 21.9. The molecule has 0 radical (unpaired) electrons. The minimum atomic E-state index is -0.295. The molecule has 0 fully saturated rings. The zero-order valence-electron chi connectivity index (χ0n) is 21.9. The van der Waals surface area contributed by atoms with Crippen LogP contribution in [0.5, 0.6) is 0 Å². The SMILES string of the molecule is O=C(Nc1ccccc1C(=O)NCCCCNC(=O)c1ccccc1NC(=O)c1ccccc1)c1ccccc1. The van der Waals surface area contributed by atoms with E-state index >= 15 is 0 Å². The van der Waals surface area contributed by atoms with Gasteiger partial charge in [-0.05, 0) is 61.4 Å². The van der Waals surface area contributed by atoms with Gasteiger partial charge in [0.05, 0.1) is 22.5 Å². The van der Waals surface area contributed by atoms with Crippen molar-refractivity contribution in [1.29, 1.82) is 0 Å². The Balaban J connectivity index is 1.22. The molecule has 202 valence electrons. The predicted octanol–water partition coefficient (Wildman–Crippen LogP) is 5.13. The van der Waals surface area contributed by atoms with Gasteiger partial charge in [0.25, 0.3) is 23.6 Å². The van der Waals surface area contributed by atoms with Crippen molar-refractivity contribution < 1.29 is 19.2 Å². The molecule has 0 saturated carbocycles. The van der Waals surface area contributed by atoms with Crippen LogP contribution >= 0.6 is 0 Å². The first-order chi connectivity index (χ1) is 19.5. The van der Waals surface area contributed by atoms with Gasteiger partial charge in [0.15, 0.2) is 0 Å². The Morgan fingerprint density at radius 2 is 0.775 bits per heavy atom. The van der Waals surface area contributed by atoms with Gasteiger partial charge in [0.2, 0.25) is 0 Å². The number of benzene rings is 4. The highest BCUT2D eigenvalue weighted by atomic mass is 16.2. The summed E-state index contributed by atoms with van der Waals surface area (Å²) in [5.41, 5.74) is 2.60. The summed E-state index contributed by atoms with van der Waals surface area (Å²) in [6, 6.07) is 31.3. The van der Waals surface area contributed by atoms with Gasteiger partial charge < -0.3 is 21.3 Å². The van der Waals surface area contributed by atoms with Gasteiger partial charge in [-0.2, -0.15) is 0 Å². The number of unbranched alkanes of at least 4 members (excludes halogenated alkanes) is 1. The van der Waals surface area contributed by atoms with E-state index in [9.17, 15) is 19.2 Å². The first-order valence-corrected chi connectivity index (χ1v) is 13.0. The Hall–Kier alpha value is -5.24. The number of hydrogen-bond acceptors (Lipinski definition) is 4. The lowest BCUT2D eigenvalue weighted by Gasteiger charge is -2.12. The Bertz CT molecular complexity index is 1360. The fraction of sp³-hybridized carbons (Fsp3) is 0.125. The molecule has 0 spiro atoms. The second-order valence-electron chi connectivity index (χ2n) is 8.95. The van der Waals surface area contributed by atoms with Crippen molar-refractivity contribution in [1.82, 2.24) is 10.6 Å². The van der Waals surface area contributed by atoms with Crippen molar-refractivity contribution in [2.24, 2.45) is 0 Å². The van der Waals surface area contributed by atoms with E-state index in [2.05, 4.69) is 21.3 Å². The molecule has 0 aromatic heterocycles. The van der Waals surface area contributed by atoms with Crippen LogP contribution in [-0.2, 0) is 0 Å². The van der Waals surface area contributed by atoms with Gasteiger partial charge in [0.1, 0.15) is 0 Å². The molecule has 0 heterocycles. The number of para-hydroxylation sites is 2. The van der Waals surface area contributed by atoms with E-state index < -0.39 is 0 Å². The van der Waals surface area contributed by atoms with E-state index in [-0.39, 0.29) is 23.6 Å². The van der Waals surface area contributed by atoms with Crippen LogP contribution in [-0.4, -0.2) is 36.7 Å². The summed E-state index contributed by atoms with van der Waals surface area (Å²) >= 11 is 0. The summed E-state index contributed by atoms with van der Waals surface area (Å²) < 4.78 is 0. The molecule has 4 rings (SSSR count). The highest BCUT2D eigenvalue weighted by Crippen LogP contribution is 2.17. The molecule has 0 saturated heterocycles. The molecule has 0 bridgehead atoms. The summed E-state index contributed by atoms with van der Waals surface area (Å²) in [7, 11) is 0. The molecule has 4 N–H and O–H groups in total. The Morgan fingerprint density at radius 1 is 0.425 bits per heavy atom. The maximum absolute atomic E-state index is 12.8. The van der Waals surface area contributed by atoms with Crippen molar-refractivity contribution in [2.75, 3.05) is 23.7 Å². The maximum atomic E-state index is 12.8. The normalized spacial score (nSPS) is 10.3. The highest BCUT2D eigenvalue weighted by molar-refractivity contribution is 6.09. The van der Waals surface area contributed by atoms with Gasteiger partial charge in [-0.25, -0.2) is 0 Å². The minimum absolute atomic E-state index is 0.294. The van der Waals surface area contributed by atoms with Crippen LogP contribution in [0, 0.1) is 0 Å². The third-order valence-electron chi connectivity index (χ3n) is 6.09. The van der Waals surface area contributed by atoms with E-state index in [4.69, 9.17) is 0 Å². The summed E-state index contributed by atoms with van der Waals surface area (Å²) in [6.45, 7) is 0.804. The Kier molecular flexibility index (Phi) is 9.77. The monoisotopic (exact) mass is 534 g/mol. The highest BCUT2D eigenvalue weighted by Gasteiger charge is 2.15. The molecule has 4 aromatic rings. The fourth-order valence-electron chi connectivity index (χ4n) is 3.99. The van der Waals surface area contributed by atoms with Crippen LogP contribution in [0.15, 0.2) is 109 Å². The van der Waals surface area contributed by atoms with E-state index in [1.807, 2.05) is 12.1 Å². The third kappa shape index (κ3) is 7.64. The number of hydrogen-bond donors (Lipinski definition) is 4. The average Bonchev–Trinajstić information content (AvgIpc) is 3.00. The largest absolute Gasteiger partial charge is 0.352 e. The average molecular weight is 535 g/mol. The van der Waals surface area contributed by atoms with Crippen LogP contribution in [0.2, 0.25) is 0 Å². The van der Waals surface area contributed by atoms with Crippen molar-refractivity contribution in [3.8, 4) is 0 Å². The minimum Gasteiger partial charge on any atom is -0.352 e. The molecule has 4 aromatic carbocycles. The standard InChI is InChI=1S/C32H30N4O4/c37-29(23-13-3-1-4-14-23)35-27-19-9-7-17-25(27)31(39)33-21-11-12-22-34-32(40)26-18-8-10-20-28(26)36-30(38)24-15-5-2-6-16-24/h1-10,13-20H,11-12,21-22H2,(H,33,39)(H,34,40)(H,35,37)(H,36,38). The summed E-state index contributed by atoms with van der Waals surface area (Å²) in [6.07, 6.45) is 1.27. The fourth-order valence-corrected chi connectivity index (χ4v) is 3.99. The molecule has 0 unspecified atom stereocenters. The Labute approximate surface area is 232 Å². The molecule has 0 aliphatic carbocycles. The summed E-state index contributed by atoms with van der Waals surface area (Å²) in [5.74, 6) is -1.18. The smallest absolute Gasteiger partial charge is 0.255 e. The first kappa shape index (κ1) is 27.8. The molecule has 8 heteroatoms. The van der Waals surface area contributed by atoms with Gasteiger partial charge >= 0.3 is 0 Å². The van der Waals surface area contributed by atoms with Crippen LogP contribution < -0.4 is 21.3 Å². The van der Waals surface area contributed by atoms with Crippen molar-refractivity contribution in [3.05, 3.63) is 131 Å². The van der Waals surface area contributed by atoms with Crippen LogP contribution in [0.1, 0.15) is 54.3 Å². The maximum Gasteiger partial charge on any atom is 0.255 e. The molecular weight excluding hydrogens is 504 g/mol. The van der Waals surface area contributed by atoms with Gasteiger partial charge in [0, 0.05) is 24.2 Å². The molecular formula is C32H30N4O4. The van der Waals surface area contributed by atoms with Crippen molar-refractivity contribution >= 4 is 35.0 Å². The number of nitrogens with one attached hydrogen (secondary N) is 4. The van der Waals surface area contributed by atoms with Crippen molar-refractivity contribution in [2.45, 2.75) is 12.8 Å². The van der Waals surface area contributed by atoms with Crippen LogP contribution in [0.4, 0.5) is 11.4 Å². The number of amides is 4. The zero-order chi connectivity index (χ0) is 28.2. The van der Waals surface area contributed by atoms with Gasteiger partial charge in [-0.3, -0.25) is 19.2 Å². The Morgan fingerprint density at radius 3 is 1.18 bits per heavy atom. The molecule has 0 atom stereocenters. The predicted molar refractivity (Wildman–Crippen MR) is 156 cm³/mol.